The van der Waals surface area contributed by atoms with Gasteiger partial charge in [-0.25, -0.2) is 18.9 Å². The van der Waals surface area contributed by atoms with E-state index in [2.05, 4.69) is 20.4 Å². The Morgan fingerprint density at radius 3 is 2.57 bits per heavy atom. The highest BCUT2D eigenvalue weighted by atomic mass is 35.5. The summed E-state index contributed by atoms with van der Waals surface area (Å²) in [5, 5.41) is 15.7. The van der Waals surface area contributed by atoms with Gasteiger partial charge >= 0.3 is 12.1 Å². The predicted octanol–water partition coefficient (Wildman–Crippen LogP) is 5.59. The van der Waals surface area contributed by atoms with Gasteiger partial charge in [0.1, 0.15) is 17.1 Å². The molecule has 0 bridgehead atoms. The first kappa shape index (κ1) is 24.0. The van der Waals surface area contributed by atoms with Crippen molar-refractivity contribution in [2.75, 3.05) is 12.4 Å². The van der Waals surface area contributed by atoms with E-state index in [9.17, 15) is 27.5 Å². The van der Waals surface area contributed by atoms with Crippen LogP contribution in [0.25, 0.3) is 16.9 Å². The van der Waals surface area contributed by atoms with E-state index in [0.29, 0.717) is 11.3 Å². The molecule has 2 aromatic carbocycles. The first-order valence-corrected chi connectivity index (χ1v) is 10.1. The molecule has 4 aromatic rings. The summed E-state index contributed by atoms with van der Waals surface area (Å²) in [6.45, 7) is 0. The summed E-state index contributed by atoms with van der Waals surface area (Å²) in [7, 11) is 1.31. The lowest BCUT2D eigenvalue weighted by Crippen LogP contribution is -2.10. The minimum absolute atomic E-state index is 0.0533. The zero-order valence-electron chi connectivity index (χ0n) is 17.6. The number of benzene rings is 2. The third-order valence-corrected chi connectivity index (χ3v) is 5.07. The lowest BCUT2D eigenvalue weighted by Gasteiger charge is -2.13. The molecule has 0 radical (unpaired) electrons. The first-order valence-electron chi connectivity index (χ1n) is 9.71. The van der Waals surface area contributed by atoms with Crippen LogP contribution in [0.1, 0.15) is 16.1 Å². The van der Waals surface area contributed by atoms with Crippen LogP contribution in [0.4, 0.5) is 29.2 Å². The number of aromatic nitrogens is 4. The van der Waals surface area contributed by atoms with Gasteiger partial charge in [-0.1, -0.05) is 17.7 Å². The van der Waals surface area contributed by atoms with Crippen LogP contribution in [0, 0.1) is 5.82 Å². The number of aromatic carboxylic acids is 1. The first-order chi connectivity index (χ1) is 16.6. The number of ether oxygens (including phenoxy) is 1. The Labute approximate surface area is 199 Å². The molecule has 13 heteroatoms. The molecule has 0 amide bonds. The molecule has 180 valence electrons. The van der Waals surface area contributed by atoms with Crippen molar-refractivity contribution in [1.29, 1.82) is 0 Å². The molecule has 0 aliphatic heterocycles. The van der Waals surface area contributed by atoms with E-state index in [1.807, 2.05) is 0 Å². The molecule has 0 unspecified atom stereocenters. The predicted molar refractivity (Wildman–Crippen MR) is 118 cm³/mol. The van der Waals surface area contributed by atoms with Crippen molar-refractivity contribution in [2.24, 2.45) is 0 Å². The fraction of sp³-hybridized carbons (Fsp3) is 0.0909. The lowest BCUT2D eigenvalue weighted by molar-refractivity contribution is -0.141. The van der Waals surface area contributed by atoms with Crippen LogP contribution in [0.2, 0.25) is 5.02 Å². The Hall–Kier alpha value is -4.19. The van der Waals surface area contributed by atoms with E-state index in [4.69, 9.17) is 16.3 Å². The highest BCUT2D eigenvalue weighted by Gasteiger charge is 2.34. The van der Waals surface area contributed by atoms with Crippen LogP contribution in [-0.4, -0.2) is 37.9 Å². The average molecular weight is 508 g/mol. The molecule has 4 rings (SSSR count). The van der Waals surface area contributed by atoms with Gasteiger partial charge in [0, 0.05) is 23.6 Å². The quantitative estimate of drug-likeness (QED) is 0.328. The number of methoxy groups -OCH3 is 1. The number of rotatable bonds is 6. The number of carbonyl (C=O) groups is 1. The molecular formula is C22H14ClF4N5O3. The number of hydrogen-bond donors (Lipinski definition) is 2. The highest BCUT2D eigenvalue weighted by Crippen LogP contribution is 2.32. The summed E-state index contributed by atoms with van der Waals surface area (Å²) in [6, 6.07) is 8.74. The van der Waals surface area contributed by atoms with Gasteiger partial charge in [-0.15, -0.1) is 0 Å². The smallest absolute Gasteiger partial charge is 0.435 e. The van der Waals surface area contributed by atoms with E-state index in [0.717, 1.165) is 23.0 Å². The normalized spacial score (nSPS) is 11.4. The van der Waals surface area contributed by atoms with Gasteiger partial charge in [-0.3, -0.25) is 0 Å². The molecule has 2 N–H and O–H groups in total. The standard InChI is InChI=1S/C22H14ClF4N5O3/c1-35-17-5-2-11(8-13(17)20(33)34)14-10-28-21(29-12-3-4-16(24)15(23)9-12)30-19(14)32-7-6-18(31-32)22(25,26)27/h2-10H,1H3,(H,33,34)(H,28,29,30). The van der Waals surface area contributed by atoms with Crippen molar-refractivity contribution < 1.29 is 32.2 Å². The largest absolute Gasteiger partial charge is 0.496 e. The minimum atomic E-state index is -4.69. The van der Waals surface area contributed by atoms with E-state index < -0.39 is 23.7 Å². The molecule has 0 saturated carbocycles. The molecule has 0 fully saturated rings. The van der Waals surface area contributed by atoms with Gasteiger partial charge in [0.15, 0.2) is 11.5 Å². The van der Waals surface area contributed by atoms with Crippen molar-refractivity contribution in [1.82, 2.24) is 19.7 Å². The highest BCUT2D eigenvalue weighted by molar-refractivity contribution is 6.31. The number of anilines is 2. The Morgan fingerprint density at radius 1 is 1.17 bits per heavy atom. The molecule has 35 heavy (non-hydrogen) atoms. The second kappa shape index (κ2) is 9.22. The minimum Gasteiger partial charge on any atom is -0.496 e. The van der Waals surface area contributed by atoms with Crippen molar-refractivity contribution in [3.8, 4) is 22.7 Å². The monoisotopic (exact) mass is 507 g/mol. The van der Waals surface area contributed by atoms with Crippen molar-refractivity contribution >= 4 is 29.2 Å². The third-order valence-electron chi connectivity index (χ3n) is 4.78. The van der Waals surface area contributed by atoms with Crippen molar-refractivity contribution in [3.63, 3.8) is 0 Å². The van der Waals surface area contributed by atoms with E-state index in [1.54, 1.807) is 0 Å². The number of nitrogens with one attached hydrogen (secondary N) is 1. The second-order valence-corrected chi connectivity index (χ2v) is 7.46. The summed E-state index contributed by atoms with van der Waals surface area (Å²) in [5.74, 6) is -1.95. The summed E-state index contributed by atoms with van der Waals surface area (Å²) < 4.78 is 58.9. The third kappa shape index (κ3) is 5.01. The zero-order chi connectivity index (χ0) is 25.3. The van der Waals surface area contributed by atoms with Crippen LogP contribution >= 0.6 is 11.6 Å². The second-order valence-electron chi connectivity index (χ2n) is 7.05. The van der Waals surface area contributed by atoms with E-state index in [1.165, 1.54) is 43.6 Å². The van der Waals surface area contributed by atoms with Gasteiger partial charge in [-0.2, -0.15) is 23.3 Å². The molecule has 2 heterocycles. The Bertz CT molecular complexity index is 1420. The van der Waals surface area contributed by atoms with Gasteiger partial charge in [0.2, 0.25) is 5.95 Å². The molecule has 0 aliphatic rings. The Balaban J connectivity index is 1.84. The number of hydrogen-bond acceptors (Lipinski definition) is 6. The SMILES string of the molecule is COc1ccc(-c2cnc(Nc3ccc(F)c(Cl)c3)nc2-n2ccc(C(F)(F)F)n2)cc1C(=O)O. The number of carboxylic acid groups (broad SMARTS) is 1. The average Bonchev–Trinajstić information content (AvgIpc) is 3.32. The van der Waals surface area contributed by atoms with Gasteiger partial charge in [-0.05, 0) is 42.0 Å². The van der Waals surface area contributed by atoms with Crippen LogP contribution in [-0.2, 0) is 6.18 Å². The zero-order valence-corrected chi connectivity index (χ0v) is 18.4. The fourth-order valence-electron chi connectivity index (χ4n) is 3.15. The van der Waals surface area contributed by atoms with Gasteiger partial charge in [0.25, 0.3) is 0 Å². The van der Waals surface area contributed by atoms with Crippen LogP contribution in [0.3, 0.4) is 0 Å². The Morgan fingerprint density at radius 2 is 1.94 bits per heavy atom. The van der Waals surface area contributed by atoms with Crippen LogP contribution in [0.5, 0.6) is 5.75 Å². The van der Waals surface area contributed by atoms with Crippen LogP contribution < -0.4 is 10.1 Å². The number of halogens is 5. The molecule has 8 nitrogen and oxygen atoms in total. The summed E-state index contributed by atoms with van der Waals surface area (Å²) >= 11 is 5.79. The Kier molecular flexibility index (Phi) is 6.31. The summed E-state index contributed by atoms with van der Waals surface area (Å²) in [6.07, 6.45) is -2.34. The fourth-order valence-corrected chi connectivity index (χ4v) is 3.33. The maximum Gasteiger partial charge on any atom is 0.435 e. The molecule has 0 saturated heterocycles. The number of nitrogens with zero attached hydrogens (tertiary/aromatic N) is 4. The van der Waals surface area contributed by atoms with Gasteiger partial charge < -0.3 is 15.2 Å². The van der Waals surface area contributed by atoms with E-state index in [-0.39, 0.29) is 33.7 Å². The van der Waals surface area contributed by atoms with Crippen LogP contribution in [0.15, 0.2) is 54.9 Å². The topological polar surface area (TPSA) is 102 Å². The van der Waals surface area contributed by atoms with E-state index >= 15 is 0 Å². The lowest BCUT2D eigenvalue weighted by atomic mass is 10.0. The summed E-state index contributed by atoms with van der Waals surface area (Å²) in [5.41, 5.74) is -0.518. The molecule has 0 atom stereocenters. The van der Waals surface area contributed by atoms with Crippen molar-refractivity contribution in [3.05, 3.63) is 77.0 Å². The molecule has 2 aromatic heterocycles. The van der Waals surface area contributed by atoms with Crippen molar-refractivity contribution in [2.45, 2.75) is 6.18 Å². The molecule has 0 spiro atoms. The maximum absolute atomic E-state index is 13.5. The molecular weight excluding hydrogens is 494 g/mol. The summed E-state index contributed by atoms with van der Waals surface area (Å²) in [4.78, 5) is 20.1. The number of carboxylic acids is 1. The molecule has 0 aliphatic carbocycles. The van der Waals surface area contributed by atoms with Gasteiger partial charge in [0.05, 0.1) is 12.1 Å². The maximum atomic E-state index is 13.5. The number of alkyl halides is 3.